The minimum absolute atomic E-state index is 0.111. The molecular formula is C23H22N2O5S. The lowest BCUT2D eigenvalue weighted by Gasteiger charge is -2.24. The van der Waals surface area contributed by atoms with Crippen LogP contribution in [0.25, 0.3) is 6.08 Å². The van der Waals surface area contributed by atoms with Gasteiger partial charge < -0.3 is 14.8 Å². The molecule has 0 bridgehead atoms. The largest absolute Gasteiger partial charge is 0.454 e. The quantitative estimate of drug-likeness (QED) is 0.695. The van der Waals surface area contributed by atoms with Gasteiger partial charge in [0.15, 0.2) is 11.5 Å². The highest BCUT2D eigenvalue weighted by Crippen LogP contribution is 2.36. The SMILES string of the molecule is CC(C)(C(=O)NCCN1C(=O)S/C(=C\c2ccc3c(c2)OCO3)C1=O)c1ccccc1. The molecule has 0 atom stereocenters. The van der Waals surface area contributed by atoms with Gasteiger partial charge in [-0.2, -0.15) is 0 Å². The summed E-state index contributed by atoms with van der Waals surface area (Å²) in [6, 6.07) is 14.8. The van der Waals surface area contributed by atoms with Gasteiger partial charge in [0.1, 0.15) is 0 Å². The Labute approximate surface area is 184 Å². The van der Waals surface area contributed by atoms with Gasteiger partial charge >= 0.3 is 0 Å². The smallest absolute Gasteiger partial charge is 0.293 e. The number of carbonyl (C=O) groups excluding carboxylic acids is 3. The zero-order chi connectivity index (χ0) is 22.0. The number of amides is 3. The maximum Gasteiger partial charge on any atom is 0.293 e. The number of imide groups is 1. The van der Waals surface area contributed by atoms with E-state index in [1.165, 1.54) is 0 Å². The monoisotopic (exact) mass is 438 g/mol. The highest BCUT2D eigenvalue weighted by atomic mass is 32.2. The van der Waals surface area contributed by atoms with E-state index in [-0.39, 0.29) is 36.9 Å². The second-order valence-corrected chi connectivity index (χ2v) is 8.69. The van der Waals surface area contributed by atoms with E-state index in [0.717, 1.165) is 27.8 Å². The topological polar surface area (TPSA) is 84.9 Å². The maximum atomic E-state index is 12.7. The van der Waals surface area contributed by atoms with Crippen LogP contribution in [0.4, 0.5) is 4.79 Å². The van der Waals surface area contributed by atoms with Crippen molar-refractivity contribution in [2.75, 3.05) is 19.9 Å². The van der Waals surface area contributed by atoms with Crippen molar-refractivity contribution in [1.29, 1.82) is 0 Å². The van der Waals surface area contributed by atoms with Crippen LogP contribution >= 0.6 is 11.8 Å². The van der Waals surface area contributed by atoms with Crippen molar-refractivity contribution >= 4 is 34.9 Å². The molecule has 2 aliphatic heterocycles. The number of fused-ring (bicyclic) bond motifs is 1. The van der Waals surface area contributed by atoms with Crippen molar-refractivity contribution in [3.63, 3.8) is 0 Å². The Balaban J connectivity index is 1.37. The third-order valence-corrected chi connectivity index (χ3v) is 6.16. The molecule has 2 aromatic rings. The molecule has 160 valence electrons. The van der Waals surface area contributed by atoms with Gasteiger partial charge in [-0.05, 0) is 54.9 Å². The first-order valence-electron chi connectivity index (χ1n) is 9.85. The number of hydrogen-bond acceptors (Lipinski definition) is 6. The molecule has 3 amide bonds. The first kappa shape index (κ1) is 21.0. The third-order valence-electron chi connectivity index (χ3n) is 5.25. The van der Waals surface area contributed by atoms with Gasteiger partial charge in [-0.1, -0.05) is 36.4 Å². The molecule has 0 radical (unpaired) electrons. The summed E-state index contributed by atoms with van der Waals surface area (Å²) in [6.07, 6.45) is 1.66. The Morgan fingerprint density at radius 3 is 2.65 bits per heavy atom. The molecule has 0 spiro atoms. The predicted molar refractivity (Wildman–Crippen MR) is 118 cm³/mol. The van der Waals surface area contributed by atoms with Crippen LogP contribution in [0.3, 0.4) is 0 Å². The lowest BCUT2D eigenvalue weighted by Crippen LogP contribution is -2.44. The lowest BCUT2D eigenvalue weighted by atomic mass is 9.84. The predicted octanol–water partition coefficient (Wildman–Crippen LogP) is 3.55. The summed E-state index contributed by atoms with van der Waals surface area (Å²) in [4.78, 5) is 39.2. The van der Waals surface area contributed by atoms with Crippen molar-refractivity contribution in [2.45, 2.75) is 19.3 Å². The molecule has 8 heteroatoms. The fourth-order valence-electron chi connectivity index (χ4n) is 3.34. The molecule has 2 aliphatic rings. The van der Waals surface area contributed by atoms with Crippen molar-refractivity contribution < 1.29 is 23.9 Å². The number of ether oxygens (including phenoxy) is 2. The van der Waals surface area contributed by atoms with Crippen LogP contribution in [0.1, 0.15) is 25.0 Å². The molecule has 1 fully saturated rings. The van der Waals surface area contributed by atoms with Gasteiger partial charge in [0.2, 0.25) is 12.7 Å². The van der Waals surface area contributed by atoms with Crippen LogP contribution in [0.15, 0.2) is 53.4 Å². The van der Waals surface area contributed by atoms with Crippen LogP contribution in [0.5, 0.6) is 11.5 Å². The van der Waals surface area contributed by atoms with Crippen LogP contribution in [-0.4, -0.2) is 41.8 Å². The number of nitrogens with zero attached hydrogens (tertiary/aromatic N) is 1. The van der Waals surface area contributed by atoms with Crippen LogP contribution < -0.4 is 14.8 Å². The maximum absolute atomic E-state index is 12.7. The summed E-state index contributed by atoms with van der Waals surface area (Å²) in [5.41, 5.74) is 0.914. The minimum Gasteiger partial charge on any atom is -0.454 e. The summed E-state index contributed by atoms with van der Waals surface area (Å²) in [5, 5.41) is 2.48. The van der Waals surface area contributed by atoms with Gasteiger partial charge in [-0.15, -0.1) is 0 Å². The molecule has 7 nitrogen and oxygen atoms in total. The van der Waals surface area contributed by atoms with E-state index in [1.54, 1.807) is 24.3 Å². The van der Waals surface area contributed by atoms with E-state index < -0.39 is 5.41 Å². The summed E-state index contributed by atoms with van der Waals surface area (Å²) in [5.74, 6) is 0.724. The Kier molecular flexibility index (Phi) is 5.73. The standard InChI is InChI=1S/C23H22N2O5S/c1-23(2,16-6-4-3-5-7-16)21(27)24-10-11-25-20(26)19(31-22(25)28)13-15-8-9-17-18(12-15)30-14-29-17/h3-9,12-13H,10-11,14H2,1-2H3,(H,24,27)/b19-13-. The third kappa shape index (κ3) is 4.29. The summed E-state index contributed by atoms with van der Waals surface area (Å²) in [6.45, 7) is 4.14. The van der Waals surface area contributed by atoms with E-state index in [9.17, 15) is 14.4 Å². The van der Waals surface area contributed by atoms with Gasteiger partial charge in [-0.25, -0.2) is 0 Å². The molecule has 0 saturated carbocycles. The Morgan fingerprint density at radius 2 is 1.87 bits per heavy atom. The Bertz CT molecular complexity index is 1060. The van der Waals surface area contributed by atoms with Crippen molar-refractivity contribution in [3.05, 3.63) is 64.6 Å². The normalized spacial score (nSPS) is 16.8. The molecule has 2 aromatic carbocycles. The van der Waals surface area contributed by atoms with Crippen molar-refractivity contribution in [3.8, 4) is 11.5 Å². The van der Waals surface area contributed by atoms with Gasteiger partial charge in [-0.3, -0.25) is 19.3 Å². The Hall–Kier alpha value is -3.26. The molecule has 2 heterocycles. The molecule has 4 rings (SSSR count). The number of rotatable bonds is 6. The molecular weight excluding hydrogens is 416 g/mol. The first-order chi connectivity index (χ1) is 14.9. The number of thioether (sulfide) groups is 1. The van der Waals surface area contributed by atoms with Gasteiger partial charge in [0.25, 0.3) is 11.1 Å². The molecule has 1 saturated heterocycles. The summed E-state index contributed by atoms with van der Waals surface area (Å²) >= 11 is 0.885. The summed E-state index contributed by atoms with van der Waals surface area (Å²) in [7, 11) is 0. The molecule has 1 N–H and O–H groups in total. The van der Waals surface area contributed by atoms with E-state index in [0.29, 0.717) is 16.4 Å². The average molecular weight is 439 g/mol. The van der Waals surface area contributed by atoms with E-state index in [1.807, 2.05) is 44.2 Å². The van der Waals surface area contributed by atoms with Gasteiger partial charge in [0, 0.05) is 13.1 Å². The van der Waals surface area contributed by atoms with E-state index >= 15 is 0 Å². The van der Waals surface area contributed by atoms with Crippen LogP contribution in [0.2, 0.25) is 0 Å². The fraction of sp³-hybridized carbons (Fsp3) is 0.261. The zero-order valence-corrected chi connectivity index (χ0v) is 18.0. The van der Waals surface area contributed by atoms with Crippen molar-refractivity contribution in [1.82, 2.24) is 10.2 Å². The second-order valence-electron chi connectivity index (χ2n) is 7.69. The summed E-state index contributed by atoms with van der Waals surface area (Å²) < 4.78 is 10.6. The van der Waals surface area contributed by atoms with E-state index in [2.05, 4.69) is 5.32 Å². The number of hydrogen-bond donors (Lipinski definition) is 1. The van der Waals surface area contributed by atoms with E-state index in [4.69, 9.17) is 9.47 Å². The minimum atomic E-state index is -0.723. The van der Waals surface area contributed by atoms with Crippen LogP contribution in [0, 0.1) is 0 Å². The van der Waals surface area contributed by atoms with Gasteiger partial charge in [0.05, 0.1) is 10.3 Å². The Morgan fingerprint density at radius 1 is 1.13 bits per heavy atom. The highest BCUT2D eigenvalue weighted by Gasteiger charge is 2.35. The number of carbonyl (C=O) groups is 3. The number of benzene rings is 2. The molecule has 0 unspecified atom stereocenters. The number of nitrogens with one attached hydrogen (secondary N) is 1. The fourth-order valence-corrected chi connectivity index (χ4v) is 4.20. The molecule has 31 heavy (non-hydrogen) atoms. The van der Waals surface area contributed by atoms with Crippen LogP contribution in [-0.2, 0) is 15.0 Å². The first-order valence-corrected chi connectivity index (χ1v) is 10.7. The lowest BCUT2D eigenvalue weighted by molar-refractivity contribution is -0.126. The average Bonchev–Trinajstić information content (AvgIpc) is 3.33. The molecule has 0 aliphatic carbocycles. The van der Waals surface area contributed by atoms with Crippen molar-refractivity contribution in [2.24, 2.45) is 0 Å². The highest BCUT2D eigenvalue weighted by molar-refractivity contribution is 8.18. The second kappa shape index (κ2) is 8.47. The molecule has 0 aromatic heterocycles. The zero-order valence-electron chi connectivity index (χ0n) is 17.2.